The smallest absolute Gasteiger partial charge is 0.251 e. The number of amides is 3. The summed E-state index contributed by atoms with van der Waals surface area (Å²) in [5.41, 5.74) is 0.823. The lowest BCUT2D eigenvalue weighted by Crippen LogP contribution is -2.62. The molecule has 2 aliphatic heterocycles. The SMILES string of the molecule is CC(=O)N1CC(CC2C(=O)N(c3ncc(Cl)cc3F)CC(=O)N2Cc2ccc(Cl)cc2)C1. The molecule has 3 heterocycles. The number of rotatable bonds is 5. The molecule has 2 fully saturated rings. The third-order valence-electron chi connectivity index (χ3n) is 5.81. The van der Waals surface area contributed by atoms with E-state index in [1.807, 2.05) is 0 Å². The van der Waals surface area contributed by atoms with Gasteiger partial charge in [-0.05, 0) is 36.1 Å². The summed E-state index contributed by atoms with van der Waals surface area (Å²) >= 11 is 11.7. The van der Waals surface area contributed by atoms with Crippen molar-refractivity contribution in [3.05, 3.63) is 58.0 Å². The molecule has 0 N–H and O–H groups in total. The van der Waals surface area contributed by atoms with E-state index in [9.17, 15) is 18.8 Å². The van der Waals surface area contributed by atoms with Gasteiger partial charge < -0.3 is 9.80 Å². The van der Waals surface area contributed by atoms with Gasteiger partial charge in [-0.1, -0.05) is 35.3 Å². The van der Waals surface area contributed by atoms with E-state index < -0.39 is 17.8 Å². The summed E-state index contributed by atoms with van der Waals surface area (Å²) in [6.07, 6.45) is 1.61. The Morgan fingerprint density at radius 3 is 2.47 bits per heavy atom. The van der Waals surface area contributed by atoms with Gasteiger partial charge in [0.05, 0.1) is 5.02 Å². The van der Waals surface area contributed by atoms with Crippen molar-refractivity contribution in [1.29, 1.82) is 0 Å². The average molecular weight is 479 g/mol. The maximum atomic E-state index is 14.5. The van der Waals surface area contributed by atoms with Gasteiger partial charge in [0.1, 0.15) is 12.6 Å². The standard InChI is InChI=1S/C22H21Cl2FN4O3/c1-13(30)27-9-15(10-27)6-19-22(32)29(21-18(25)7-17(24)8-26-21)12-20(31)28(19)11-14-2-4-16(23)5-3-14/h2-5,7-8,15,19H,6,9-12H2,1H3. The molecule has 2 aromatic rings. The largest absolute Gasteiger partial charge is 0.342 e. The van der Waals surface area contributed by atoms with E-state index in [-0.39, 0.29) is 41.7 Å². The summed E-state index contributed by atoms with van der Waals surface area (Å²) in [4.78, 5) is 46.3. The van der Waals surface area contributed by atoms with Crippen molar-refractivity contribution >= 4 is 46.7 Å². The number of halogens is 3. The van der Waals surface area contributed by atoms with E-state index in [0.29, 0.717) is 24.5 Å². The summed E-state index contributed by atoms with van der Waals surface area (Å²) in [6, 6.07) is 7.29. The van der Waals surface area contributed by atoms with Crippen molar-refractivity contribution in [2.45, 2.75) is 25.9 Å². The number of piperazine rings is 1. The van der Waals surface area contributed by atoms with Gasteiger partial charge in [0.2, 0.25) is 11.8 Å². The molecule has 0 aliphatic carbocycles. The first-order chi connectivity index (χ1) is 15.2. The molecule has 1 aromatic carbocycles. The lowest BCUT2D eigenvalue weighted by atomic mass is 9.89. The molecule has 1 atom stereocenters. The molecule has 1 aromatic heterocycles. The van der Waals surface area contributed by atoms with Gasteiger partial charge in [0.15, 0.2) is 11.6 Å². The highest BCUT2D eigenvalue weighted by Crippen LogP contribution is 2.30. The minimum atomic E-state index is -0.803. The molecule has 0 spiro atoms. The van der Waals surface area contributed by atoms with Gasteiger partial charge in [-0.3, -0.25) is 19.3 Å². The van der Waals surface area contributed by atoms with Crippen LogP contribution in [0.1, 0.15) is 18.9 Å². The van der Waals surface area contributed by atoms with Crippen LogP contribution < -0.4 is 4.90 Å². The molecule has 4 rings (SSSR count). The normalized spacial score (nSPS) is 19.4. The molecule has 168 valence electrons. The first-order valence-corrected chi connectivity index (χ1v) is 10.9. The van der Waals surface area contributed by atoms with Gasteiger partial charge in [-0.15, -0.1) is 0 Å². The second-order valence-corrected chi connectivity index (χ2v) is 8.95. The highest BCUT2D eigenvalue weighted by Gasteiger charge is 2.44. The Labute approximate surface area is 194 Å². The number of nitrogens with zero attached hydrogens (tertiary/aromatic N) is 4. The Kier molecular flexibility index (Phi) is 6.35. The van der Waals surface area contributed by atoms with E-state index in [4.69, 9.17) is 23.2 Å². The van der Waals surface area contributed by atoms with Crippen LogP contribution in [0.5, 0.6) is 0 Å². The fourth-order valence-corrected chi connectivity index (χ4v) is 4.35. The molecule has 1 unspecified atom stereocenters. The first kappa shape index (κ1) is 22.5. The third-order valence-corrected chi connectivity index (χ3v) is 6.27. The number of carbonyl (C=O) groups excluding carboxylic acids is 3. The number of hydrogen-bond donors (Lipinski definition) is 0. The van der Waals surface area contributed by atoms with Crippen LogP contribution >= 0.6 is 23.2 Å². The fourth-order valence-electron chi connectivity index (χ4n) is 4.08. The number of anilines is 1. The van der Waals surface area contributed by atoms with E-state index in [2.05, 4.69) is 4.98 Å². The molecule has 0 saturated carbocycles. The number of benzene rings is 1. The number of aromatic nitrogens is 1. The van der Waals surface area contributed by atoms with Gasteiger partial charge >= 0.3 is 0 Å². The quantitative estimate of drug-likeness (QED) is 0.661. The summed E-state index contributed by atoms with van der Waals surface area (Å²) in [6.45, 7) is 2.44. The number of likely N-dealkylation sites (tertiary alicyclic amines) is 1. The van der Waals surface area contributed by atoms with Crippen LogP contribution in [-0.4, -0.2) is 58.2 Å². The predicted molar refractivity (Wildman–Crippen MR) is 118 cm³/mol. The summed E-state index contributed by atoms with van der Waals surface area (Å²) in [5.74, 6) is -1.68. The zero-order valence-corrected chi connectivity index (χ0v) is 18.8. The van der Waals surface area contributed by atoms with E-state index >= 15 is 0 Å². The molecule has 2 aliphatic rings. The van der Waals surface area contributed by atoms with Gasteiger partial charge in [-0.2, -0.15) is 0 Å². The van der Waals surface area contributed by atoms with Gasteiger partial charge in [0.25, 0.3) is 5.91 Å². The van der Waals surface area contributed by atoms with Crippen LogP contribution in [-0.2, 0) is 20.9 Å². The Bertz CT molecular complexity index is 1060. The zero-order valence-electron chi connectivity index (χ0n) is 17.3. The maximum Gasteiger partial charge on any atom is 0.251 e. The minimum Gasteiger partial charge on any atom is -0.342 e. The van der Waals surface area contributed by atoms with Crippen molar-refractivity contribution in [3.63, 3.8) is 0 Å². The van der Waals surface area contributed by atoms with Gasteiger partial charge in [-0.25, -0.2) is 9.37 Å². The van der Waals surface area contributed by atoms with E-state index in [0.717, 1.165) is 16.5 Å². The Morgan fingerprint density at radius 2 is 1.84 bits per heavy atom. The average Bonchev–Trinajstić information content (AvgIpc) is 2.70. The number of pyridine rings is 1. The molecule has 7 nitrogen and oxygen atoms in total. The molecular weight excluding hydrogens is 458 g/mol. The van der Waals surface area contributed by atoms with Crippen LogP contribution in [0.3, 0.4) is 0 Å². The Morgan fingerprint density at radius 1 is 1.16 bits per heavy atom. The summed E-state index contributed by atoms with van der Waals surface area (Å²) in [5, 5.41) is 0.669. The molecule has 32 heavy (non-hydrogen) atoms. The fraction of sp³-hybridized carbons (Fsp3) is 0.364. The third kappa shape index (κ3) is 4.56. The molecule has 0 bridgehead atoms. The van der Waals surface area contributed by atoms with Crippen molar-refractivity contribution in [2.75, 3.05) is 24.5 Å². The highest BCUT2D eigenvalue weighted by atomic mass is 35.5. The second-order valence-electron chi connectivity index (χ2n) is 8.07. The summed E-state index contributed by atoms with van der Waals surface area (Å²) < 4.78 is 14.5. The van der Waals surface area contributed by atoms with Crippen molar-refractivity contribution in [1.82, 2.24) is 14.8 Å². The van der Waals surface area contributed by atoms with Crippen LogP contribution in [0.15, 0.2) is 36.5 Å². The molecule has 10 heteroatoms. The Hall–Kier alpha value is -2.71. The number of carbonyl (C=O) groups is 3. The van der Waals surface area contributed by atoms with E-state index in [1.54, 1.807) is 29.2 Å². The van der Waals surface area contributed by atoms with Crippen LogP contribution in [0.4, 0.5) is 10.2 Å². The zero-order chi connectivity index (χ0) is 23.0. The summed E-state index contributed by atoms with van der Waals surface area (Å²) in [7, 11) is 0. The Balaban J connectivity index is 1.60. The maximum absolute atomic E-state index is 14.5. The van der Waals surface area contributed by atoms with Crippen LogP contribution in [0.25, 0.3) is 0 Å². The number of hydrogen-bond acceptors (Lipinski definition) is 4. The lowest BCUT2D eigenvalue weighted by Gasteiger charge is -2.45. The monoisotopic (exact) mass is 478 g/mol. The molecule has 2 saturated heterocycles. The molecule has 0 radical (unpaired) electrons. The highest BCUT2D eigenvalue weighted by molar-refractivity contribution is 6.30. The molecular formula is C22H21Cl2FN4O3. The first-order valence-electron chi connectivity index (χ1n) is 10.1. The minimum absolute atomic E-state index is 0.0284. The lowest BCUT2D eigenvalue weighted by molar-refractivity contribution is -0.146. The van der Waals surface area contributed by atoms with Crippen molar-refractivity contribution < 1.29 is 18.8 Å². The van der Waals surface area contributed by atoms with Gasteiger partial charge in [0, 0.05) is 37.8 Å². The second kappa shape index (κ2) is 9.03. The van der Waals surface area contributed by atoms with E-state index in [1.165, 1.54) is 18.0 Å². The van der Waals surface area contributed by atoms with Crippen molar-refractivity contribution in [3.8, 4) is 0 Å². The predicted octanol–water partition coefficient (Wildman–Crippen LogP) is 3.14. The van der Waals surface area contributed by atoms with Crippen LogP contribution in [0.2, 0.25) is 10.0 Å². The van der Waals surface area contributed by atoms with Crippen molar-refractivity contribution in [2.24, 2.45) is 5.92 Å². The van der Waals surface area contributed by atoms with Crippen LogP contribution in [0, 0.1) is 11.7 Å². The topological polar surface area (TPSA) is 73.8 Å². The molecule has 3 amide bonds.